The van der Waals surface area contributed by atoms with Crippen LogP contribution in [-0.2, 0) is 5.41 Å². The zero-order valence-electron chi connectivity index (χ0n) is 51.0. The Morgan fingerprint density at radius 2 is 0.625 bits per heavy atom. The summed E-state index contributed by atoms with van der Waals surface area (Å²) in [6.07, 6.45) is 3.96. The maximum atomic E-state index is 8.06. The molecule has 0 saturated carbocycles. The van der Waals surface area contributed by atoms with Crippen LogP contribution in [0.3, 0.4) is 0 Å². The molecule has 8 heterocycles. The normalized spacial score (nSPS) is 14.2. The highest BCUT2D eigenvalue weighted by Crippen LogP contribution is 2.63. The van der Waals surface area contributed by atoms with E-state index in [2.05, 4.69) is 245 Å². The molecule has 11 heteroatoms. The highest BCUT2D eigenvalue weighted by molar-refractivity contribution is 6.14. The topological polar surface area (TPSA) is 75.9 Å². The van der Waals surface area contributed by atoms with Gasteiger partial charge in [-0.05, 0) is 132 Å². The highest BCUT2D eigenvalue weighted by atomic mass is 16.5. The quantitative estimate of drug-likeness (QED) is 0.161. The molecule has 1 atom stereocenters. The van der Waals surface area contributed by atoms with Gasteiger partial charge in [0.1, 0.15) is 11.5 Å². The van der Waals surface area contributed by atoms with Crippen molar-refractivity contribution in [3.63, 3.8) is 0 Å². The lowest BCUT2D eigenvalue weighted by atomic mass is 9.66. The van der Waals surface area contributed by atoms with E-state index in [9.17, 15) is 0 Å². The van der Waals surface area contributed by atoms with Crippen molar-refractivity contribution >= 4 is 116 Å². The second kappa shape index (κ2) is 19.3. The fraction of sp³-hybridized carbons (Fsp3) is 0.0118. The predicted octanol–water partition coefficient (Wildman–Crippen LogP) is 22.0. The van der Waals surface area contributed by atoms with Gasteiger partial charge < -0.3 is 32.6 Å². The number of hydrogen-bond donors (Lipinski definition) is 0. The first-order valence-corrected chi connectivity index (χ1v) is 32.0. The second-order valence-corrected chi connectivity index (χ2v) is 25.0. The molecule has 1 unspecified atom stereocenters. The maximum Gasteiger partial charge on any atom is 0.188 e. The Morgan fingerprint density at radius 1 is 0.281 bits per heavy atom. The van der Waals surface area contributed by atoms with E-state index in [4.69, 9.17) is 32.6 Å². The molecule has 2 aliphatic heterocycles. The molecule has 6 aromatic heterocycles. The largest absolute Gasteiger partial charge is 0.457 e. The Morgan fingerprint density at radius 3 is 1.06 bits per heavy atom. The van der Waals surface area contributed by atoms with E-state index in [0.717, 1.165) is 172 Å². The molecule has 96 heavy (non-hydrogen) atoms. The number of nitrogens with zero attached hydrogens (tertiary/aromatic N) is 9. The number of rotatable bonds is 5. The van der Waals surface area contributed by atoms with Crippen LogP contribution in [0.15, 0.2) is 285 Å². The third-order valence-electron chi connectivity index (χ3n) is 20.3. The van der Waals surface area contributed by atoms with E-state index < -0.39 is 5.41 Å². The summed E-state index contributed by atoms with van der Waals surface area (Å²) in [7, 11) is 0. The number of pyridine rings is 2. The van der Waals surface area contributed by atoms with Crippen molar-refractivity contribution in [1.29, 1.82) is 0 Å². The summed E-state index contributed by atoms with van der Waals surface area (Å²) in [5.74, 6) is 2.97. The van der Waals surface area contributed by atoms with Crippen LogP contribution in [0, 0.1) is 13.1 Å². The summed E-state index contributed by atoms with van der Waals surface area (Å²) in [5, 5.41) is 8.61. The molecule has 1 spiro atoms. The number of hydrogen-bond acceptors (Lipinski definition) is 5. The average molecular weight is 1230 g/mol. The Labute approximate surface area is 548 Å². The number of benzene rings is 12. The van der Waals surface area contributed by atoms with Gasteiger partial charge in [-0.15, -0.1) is 0 Å². The number of aromatic nitrogens is 6. The second-order valence-electron chi connectivity index (χ2n) is 25.0. The summed E-state index contributed by atoms with van der Waals surface area (Å²) in [4.78, 5) is 21.2. The molecule has 0 saturated heterocycles. The van der Waals surface area contributed by atoms with Gasteiger partial charge in [-0.25, -0.2) is 9.69 Å². The van der Waals surface area contributed by atoms with E-state index in [1.807, 2.05) is 73.1 Å². The molecular formula is C85H47N9O2. The zero-order chi connectivity index (χ0) is 63.1. The van der Waals surface area contributed by atoms with Gasteiger partial charge in [-0.1, -0.05) is 140 Å². The van der Waals surface area contributed by atoms with Crippen molar-refractivity contribution < 1.29 is 9.47 Å². The number of ether oxygens (including phenoxy) is 2. The molecule has 0 fully saturated rings. The van der Waals surface area contributed by atoms with Crippen molar-refractivity contribution in [2.75, 3.05) is 4.90 Å². The van der Waals surface area contributed by atoms with Crippen LogP contribution < -0.4 is 14.4 Å². The van der Waals surface area contributed by atoms with Gasteiger partial charge in [-0.2, -0.15) is 0 Å². The fourth-order valence-corrected chi connectivity index (χ4v) is 16.4. The first-order valence-electron chi connectivity index (χ1n) is 32.0. The SMILES string of the molecule is [C-]#[N+]c1ccc2c(c1)c1cc([N+]#[C-])ccc1n2-c1cnc2c(c1)C1(c3ccc(-n4c5ccccc5c5ccccc54)cc3Oc3cc(-n4c5ccccc5c5cc(N6c7ccccc7Oc7ccccc76)ccc54)ccc31)c1cc(-n3c4ccccc4c4ccccc43)cnc1-2. The summed E-state index contributed by atoms with van der Waals surface area (Å²) >= 11 is 0. The Hall–Kier alpha value is -13.5. The van der Waals surface area contributed by atoms with Crippen LogP contribution in [-0.4, -0.2) is 28.2 Å². The Bertz CT molecular complexity index is 6380. The molecule has 0 N–H and O–H groups in total. The van der Waals surface area contributed by atoms with Gasteiger partial charge >= 0.3 is 0 Å². The maximum absolute atomic E-state index is 8.06. The highest BCUT2D eigenvalue weighted by Gasteiger charge is 2.53. The number of fused-ring (bicyclic) bond motifs is 23. The lowest BCUT2D eigenvalue weighted by Gasteiger charge is -2.39. The minimum atomic E-state index is -1.11. The minimum absolute atomic E-state index is 0.521. The van der Waals surface area contributed by atoms with Gasteiger partial charge in [0.05, 0.1) is 109 Å². The van der Waals surface area contributed by atoms with E-state index >= 15 is 0 Å². The standard InChI is InChI=1S/C85H47N9O2/c1-86-50-31-38-74-62(41-50)63-42-51(87-2)32-39-75(63)94(74)56-45-68-84(89-49-56)83-67(44-55(48-88-83)93-71-24-10-5-19-59(71)60-20-6-11-25-72(60)93)85(68)65-36-33-53(90-69-22-8-3-17-57(69)58-18-4-9-23-70(58)90)46-81(65)96-82-47-54(34-37-66(82)85)91-73-26-12-7-21-61(73)64-43-52(35-40-76(64)91)92-77-27-13-15-29-79(77)95-80-30-16-14-28-78(80)92/h3-49H. The molecule has 18 aromatic rings. The van der Waals surface area contributed by atoms with Crippen LogP contribution in [0.4, 0.5) is 28.4 Å². The van der Waals surface area contributed by atoms with Crippen molar-refractivity contribution in [3.05, 3.63) is 330 Å². The lowest BCUT2D eigenvalue weighted by Crippen LogP contribution is -2.32. The van der Waals surface area contributed by atoms with Crippen molar-refractivity contribution in [2.45, 2.75) is 5.41 Å². The monoisotopic (exact) mass is 1230 g/mol. The van der Waals surface area contributed by atoms with Gasteiger partial charge in [0.15, 0.2) is 22.9 Å². The Balaban J connectivity index is 0.849. The van der Waals surface area contributed by atoms with Crippen molar-refractivity contribution in [2.24, 2.45) is 0 Å². The summed E-state index contributed by atoms with van der Waals surface area (Å²) in [6, 6.07) is 96.2. The van der Waals surface area contributed by atoms with Crippen molar-refractivity contribution in [3.8, 4) is 57.1 Å². The Kier molecular flexibility index (Phi) is 10.5. The fourth-order valence-electron chi connectivity index (χ4n) is 16.4. The van der Waals surface area contributed by atoms with E-state index in [-0.39, 0.29) is 0 Å². The molecule has 3 aliphatic rings. The average Bonchev–Trinajstić information content (AvgIpc) is 1.47. The van der Waals surface area contributed by atoms with Gasteiger partial charge in [0.2, 0.25) is 0 Å². The molecule has 12 aromatic carbocycles. The zero-order valence-corrected chi connectivity index (χ0v) is 51.0. The van der Waals surface area contributed by atoms with Crippen LogP contribution in [0.1, 0.15) is 22.3 Å². The van der Waals surface area contributed by atoms with Gasteiger partial charge in [-0.3, -0.25) is 9.97 Å². The summed E-state index contributed by atoms with van der Waals surface area (Å²) < 4.78 is 23.5. The molecule has 0 bridgehead atoms. The predicted molar refractivity (Wildman–Crippen MR) is 384 cm³/mol. The number of anilines is 3. The van der Waals surface area contributed by atoms with E-state index in [0.29, 0.717) is 22.9 Å². The summed E-state index contributed by atoms with van der Waals surface area (Å²) in [5.41, 5.74) is 20.0. The molecule has 1 aliphatic carbocycles. The van der Waals surface area contributed by atoms with E-state index in [1.165, 1.54) is 0 Å². The van der Waals surface area contributed by atoms with Crippen LogP contribution in [0.25, 0.3) is 131 Å². The lowest BCUT2D eigenvalue weighted by molar-refractivity contribution is 0.436. The first-order chi connectivity index (χ1) is 47.5. The van der Waals surface area contributed by atoms with Gasteiger partial charge in [0.25, 0.3) is 0 Å². The molecule has 444 valence electrons. The summed E-state index contributed by atoms with van der Waals surface area (Å²) in [6.45, 7) is 16.1. The molecule has 11 nitrogen and oxygen atoms in total. The number of para-hydroxylation sites is 9. The van der Waals surface area contributed by atoms with Crippen LogP contribution in [0.2, 0.25) is 0 Å². The van der Waals surface area contributed by atoms with Crippen molar-refractivity contribution in [1.82, 2.24) is 28.2 Å². The first kappa shape index (κ1) is 52.2. The molecule has 0 amide bonds. The third-order valence-corrected chi connectivity index (χ3v) is 20.3. The minimum Gasteiger partial charge on any atom is -0.457 e. The molecular weight excluding hydrogens is 1180 g/mol. The molecule has 21 rings (SSSR count). The van der Waals surface area contributed by atoms with Crippen LogP contribution in [0.5, 0.6) is 23.0 Å². The molecule has 0 radical (unpaired) electrons. The smallest absolute Gasteiger partial charge is 0.188 e. The third kappa shape index (κ3) is 6.96. The van der Waals surface area contributed by atoms with Crippen LogP contribution >= 0.6 is 0 Å². The van der Waals surface area contributed by atoms with Gasteiger partial charge in [0, 0.05) is 83.8 Å². The van der Waals surface area contributed by atoms with E-state index in [1.54, 1.807) is 0 Å².